The topological polar surface area (TPSA) is 0 Å². The Morgan fingerprint density at radius 2 is 1.85 bits per heavy atom. The molecule has 3 aliphatic rings. The Kier molecular flexibility index (Phi) is 1.96. The number of fused-ring (bicyclic) bond motifs is 2. The Balaban J connectivity index is 1.68. The van der Waals surface area contributed by atoms with Gasteiger partial charge in [0.05, 0.1) is 0 Å². The number of hydrogen-bond donors (Lipinski definition) is 0. The second-order valence-electron chi connectivity index (χ2n) is 5.10. The van der Waals surface area contributed by atoms with Gasteiger partial charge in [-0.05, 0) is 49.4 Å². The molecule has 2 atom stereocenters. The Morgan fingerprint density at radius 1 is 1.00 bits per heavy atom. The van der Waals surface area contributed by atoms with Crippen LogP contribution in [-0.2, 0) is 0 Å². The van der Waals surface area contributed by atoms with Crippen molar-refractivity contribution < 1.29 is 0 Å². The molecule has 3 rings (SSSR count). The average Bonchev–Trinajstić information content (AvgIpc) is 2.80. The molecule has 3 aliphatic carbocycles. The van der Waals surface area contributed by atoms with Crippen LogP contribution in [0.4, 0.5) is 0 Å². The lowest BCUT2D eigenvalue weighted by Crippen LogP contribution is -2.19. The number of hydrogen-bond acceptors (Lipinski definition) is 0. The van der Waals surface area contributed by atoms with Crippen LogP contribution in [0.25, 0.3) is 0 Å². The quantitative estimate of drug-likeness (QED) is 0.533. The van der Waals surface area contributed by atoms with Crippen molar-refractivity contribution in [3.63, 3.8) is 0 Å². The molecule has 0 aromatic carbocycles. The van der Waals surface area contributed by atoms with Crippen LogP contribution < -0.4 is 0 Å². The lowest BCUT2D eigenvalue weighted by Gasteiger charge is -2.30. The van der Waals surface area contributed by atoms with Crippen LogP contribution in [0, 0.1) is 23.7 Å². The van der Waals surface area contributed by atoms with Crippen molar-refractivity contribution in [3.8, 4) is 0 Å². The van der Waals surface area contributed by atoms with Gasteiger partial charge in [0, 0.05) is 0 Å². The van der Waals surface area contributed by atoms with E-state index in [1.807, 2.05) is 5.92 Å². The first-order valence-electron chi connectivity index (χ1n) is 5.97. The van der Waals surface area contributed by atoms with Crippen molar-refractivity contribution >= 4 is 0 Å². The molecule has 0 heterocycles. The molecule has 71 valence electrons. The first-order valence-corrected chi connectivity index (χ1v) is 5.97. The standard InChI is InChI=1S/C13H19/c1-2-4-11(5-3-1)13-9-10-6-7-12(13)8-10/h6-7,10-12H,1-5,8-9H2. The summed E-state index contributed by atoms with van der Waals surface area (Å²) in [4.78, 5) is 0. The van der Waals surface area contributed by atoms with Gasteiger partial charge < -0.3 is 0 Å². The molecule has 0 spiro atoms. The van der Waals surface area contributed by atoms with Crippen molar-refractivity contribution in [2.24, 2.45) is 17.8 Å². The van der Waals surface area contributed by atoms with E-state index < -0.39 is 0 Å². The largest absolute Gasteiger partial charge is 0.0851 e. The Morgan fingerprint density at radius 3 is 2.46 bits per heavy atom. The van der Waals surface area contributed by atoms with Crippen molar-refractivity contribution in [2.45, 2.75) is 44.9 Å². The highest BCUT2D eigenvalue weighted by Crippen LogP contribution is 2.51. The maximum Gasteiger partial charge on any atom is -0.0136 e. The summed E-state index contributed by atoms with van der Waals surface area (Å²) in [5, 5.41) is 0. The maximum atomic E-state index is 2.48. The molecule has 2 fully saturated rings. The first kappa shape index (κ1) is 8.08. The average molecular weight is 175 g/mol. The number of allylic oxidation sites excluding steroid dienone is 2. The van der Waals surface area contributed by atoms with Crippen LogP contribution in [0.3, 0.4) is 0 Å². The highest BCUT2D eigenvalue weighted by molar-refractivity contribution is 5.23. The molecule has 0 saturated heterocycles. The summed E-state index contributed by atoms with van der Waals surface area (Å²) in [7, 11) is 0. The monoisotopic (exact) mass is 175 g/mol. The third-order valence-electron chi connectivity index (χ3n) is 4.28. The molecule has 0 nitrogen and oxygen atoms in total. The van der Waals surface area contributed by atoms with Gasteiger partial charge >= 0.3 is 0 Å². The third kappa shape index (κ3) is 1.35. The van der Waals surface area contributed by atoms with Crippen LogP contribution in [-0.4, -0.2) is 0 Å². The fraction of sp³-hybridized carbons (Fsp3) is 0.769. The van der Waals surface area contributed by atoms with Gasteiger partial charge in [-0.25, -0.2) is 0 Å². The van der Waals surface area contributed by atoms with Gasteiger partial charge in [-0.15, -0.1) is 0 Å². The second kappa shape index (κ2) is 3.15. The fourth-order valence-electron chi connectivity index (χ4n) is 3.60. The van der Waals surface area contributed by atoms with E-state index in [-0.39, 0.29) is 0 Å². The summed E-state index contributed by atoms with van der Waals surface area (Å²) in [6.07, 6.45) is 15.4. The van der Waals surface area contributed by atoms with Crippen molar-refractivity contribution in [1.82, 2.24) is 0 Å². The molecular formula is C13H19. The zero-order valence-corrected chi connectivity index (χ0v) is 8.34. The minimum Gasteiger partial charge on any atom is -0.0851 e. The molecule has 0 aromatic heterocycles. The second-order valence-corrected chi connectivity index (χ2v) is 5.10. The molecule has 2 unspecified atom stereocenters. The lowest BCUT2D eigenvalue weighted by molar-refractivity contribution is 0.343. The summed E-state index contributed by atoms with van der Waals surface area (Å²) in [6, 6.07) is 0. The van der Waals surface area contributed by atoms with Gasteiger partial charge in [-0.3, -0.25) is 0 Å². The van der Waals surface area contributed by atoms with Gasteiger partial charge in [0.25, 0.3) is 0 Å². The molecule has 2 bridgehead atoms. The Labute approximate surface area is 81.4 Å². The van der Waals surface area contributed by atoms with E-state index in [0.717, 1.165) is 17.8 Å². The van der Waals surface area contributed by atoms with Crippen LogP contribution in [0.5, 0.6) is 0 Å². The minimum absolute atomic E-state index is 0.910. The molecule has 0 N–H and O–H groups in total. The van der Waals surface area contributed by atoms with Crippen LogP contribution in [0.1, 0.15) is 44.9 Å². The van der Waals surface area contributed by atoms with E-state index >= 15 is 0 Å². The van der Waals surface area contributed by atoms with Gasteiger partial charge in [0.1, 0.15) is 0 Å². The van der Waals surface area contributed by atoms with E-state index in [9.17, 15) is 0 Å². The first-order chi connectivity index (χ1) is 6.43. The zero-order chi connectivity index (χ0) is 8.67. The summed E-state index contributed by atoms with van der Waals surface area (Å²) in [6.45, 7) is 0. The van der Waals surface area contributed by atoms with Gasteiger partial charge in [-0.1, -0.05) is 31.4 Å². The summed E-state index contributed by atoms with van der Waals surface area (Å²) < 4.78 is 0. The minimum atomic E-state index is 0.910. The predicted molar refractivity (Wildman–Crippen MR) is 55.2 cm³/mol. The zero-order valence-electron chi connectivity index (χ0n) is 8.34. The van der Waals surface area contributed by atoms with Gasteiger partial charge in [0.2, 0.25) is 0 Å². The summed E-state index contributed by atoms with van der Waals surface area (Å²) in [5.74, 6) is 4.82. The molecule has 0 aromatic rings. The Bertz CT molecular complexity index is 210. The van der Waals surface area contributed by atoms with Gasteiger partial charge in [-0.2, -0.15) is 0 Å². The normalized spacial score (nSPS) is 40.3. The summed E-state index contributed by atoms with van der Waals surface area (Å²) in [5.41, 5.74) is 0. The maximum absolute atomic E-state index is 2.48. The van der Waals surface area contributed by atoms with E-state index in [1.165, 1.54) is 44.9 Å². The van der Waals surface area contributed by atoms with Crippen molar-refractivity contribution in [2.75, 3.05) is 0 Å². The number of rotatable bonds is 1. The third-order valence-corrected chi connectivity index (χ3v) is 4.28. The lowest BCUT2D eigenvalue weighted by atomic mass is 9.74. The van der Waals surface area contributed by atoms with Crippen molar-refractivity contribution in [3.05, 3.63) is 18.1 Å². The SMILES string of the molecule is C1=CC2CC1C[C]2C1CCCCC1. The summed E-state index contributed by atoms with van der Waals surface area (Å²) >= 11 is 0. The van der Waals surface area contributed by atoms with Gasteiger partial charge in [0.15, 0.2) is 0 Å². The molecule has 0 heteroatoms. The molecular weight excluding hydrogens is 156 g/mol. The van der Waals surface area contributed by atoms with Crippen LogP contribution in [0.15, 0.2) is 12.2 Å². The highest BCUT2D eigenvalue weighted by Gasteiger charge is 2.40. The molecule has 2 saturated carbocycles. The van der Waals surface area contributed by atoms with E-state index in [0.29, 0.717) is 0 Å². The van der Waals surface area contributed by atoms with Crippen molar-refractivity contribution in [1.29, 1.82) is 0 Å². The molecule has 0 aliphatic heterocycles. The smallest absolute Gasteiger partial charge is 0.0136 e. The van der Waals surface area contributed by atoms with Crippen LogP contribution in [0.2, 0.25) is 0 Å². The molecule has 0 amide bonds. The molecule has 13 heavy (non-hydrogen) atoms. The van der Waals surface area contributed by atoms with E-state index in [2.05, 4.69) is 12.2 Å². The van der Waals surface area contributed by atoms with Crippen LogP contribution >= 0.6 is 0 Å². The van der Waals surface area contributed by atoms with E-state index in [4.69, 9.17) is 0 Å². The molecule has 1 radical (unpaired) electrons. The van der Waals surface area contributed by atoms with E-state index in [1.54, 1.807) is 0 Å². The fourth-order valence-corrected chi connectivity index (χ4v) is 3.60. The Hall–Kier alpha value is -0.260. The highest BCUT2D eigenvalue weighted by atomic mass is 14.4. The predicted octanol–water partition coefficient (Wildman–Crippen LogP) is 3.74.